The molecule has 7 heteroatoms. The Kier molecular flexibility index (Phi) is 5.86. The van der Waals surface area contributed by atoms with Crippen molar-refractivity contribution >= 4 is 29.2 Å². The number of hydrogen-bond donors (Lipinski definition) is 2. The number of benzene rings is 2. The maximum Gasteiger partial charge on any atom is 0.335 e. The molecule has 0 radical (unpaired) electrons. The number of nitrogens with one attached hydrogen (secondary N) is 1. The van der Waals surface area contributed by atoms with Gasteiger partial charge in [-0.15, -0.1) is 0 Å². The Bertz CT molecular complexity index is 846. The molecule has 142 valence electrons. The first-order valence-electron chi connectivity index (χ1n) is 8.71. The number of halogens is 1. The average Bonchev–Trinajstić information content (AvgIpc) is 3.47. The van der Waals surface area contributed by atoms with Gasteiger partial charge in [0.2, 0.25) is 0 Å². The summed E-state index contributed by atoms with van der Waals surface area (Å²) >= 11 is 6.30. The summed E-state index contributed by atoms with van der Waals surface area (Å²) in [7, 11) is 0. The molecule has 1 aliphatic carbocycles. The molecule has 0 atom stereocenters. The van der Waals surface area contributed by atoms with E-state index in [4.69, 9.17) is 26.2 Å². The summed E-state index contributed by atoms with van der Waals surface area (Å²) < 4.78 is 11.4. The number of rotatable bonds is 8. The molecular formula is C20H20ClNO5. The second-order valence-corrected chi connectivity index (χ2v) is 6.72. The van der Waals surface area contributed by atoms with Crippen LogP contribution in [0.4, 0.5) is 5.69 Å². The van der Waals surface area contributed by atoms with Gasteiger partial charge >= 0.3 is 5.97 Å². The number of carbonyl (C=O) groups is 2. The average molecular weight is 390 g/mol. The first kappa shape index (κ1) is 19.0. The minimum Gasteiger partial charge on any atom is -0.489 e. The molecule has 0 aliphatic heterocycles. The summed E-state index contributed by atoms with van der Waals surface area (Å²) in [4.78, 5) is 23.5. The van der Waals surface area contributed by atoms with Crippen molar-refractivity contribution in [3.8, 4) is 11.5 Å². The normalized spacial score (nSPS) is 13.1. The van der Waals surface area contributed by atoms with Crippen molar-refractivity contribution in [1.29, 1.82) is 0 Å². The molecule has 0 aromatic heterocycles. The largest absolute Gasteiger partial charge is 0.489 e. The molecule has 6 nitrogen and oxygen atoms in total. The lowest BCUT2D eigenvalue weighted by Crippen LogP contribution is -2.13. The molecule has 2 aromatic rings. The van der Waals surface area contributed by atoms with Crippen molar-refractivity contribution in [2.75, 3.05) is 18.5 Å². The van der Waals surface area contributed by atoms with E-state index in [-0.39, 0.29) is 11.5 Å². The van der Waals surface area contributed by atoms with Crippen LogP contribution in [0, 0.1) is 5.92 Å². The number of carboxylic acid groups (broad SMARTS) is 1. The van der Waals surface area contributed by atoms with Crippen molar-refractivity contribution in [1.82, 2.24) is 0 Å². The number of carbonyl (C=O) groups excluding carboxylic acids is 1. The van der Waals surface area contributed by atoms with E-state index in [9.17, 15) is 9.59 Å². The van der Waals surface area contributed by atoms with Gasteiger partial charge in [-0.05, 0) is 62.1 Å². The standard InChI is InChI=1S/C20H20ClNO5/c1-2-26-18-16(21)9-14(10-17(18)27-11-12-3-4-12)19(23)22-15-7-5-13(6-8-15)20(24)25/h5-10,12H,2-4,11H2,1H3,(H,22,23)(H,24,25). The zero-order chi connectivity index (χ0) is 19.4. The molecule has 27 heavy (non-hydrogen) atoms. The van der Waals surface area contributed by atoms with E-state index in [1.165, 1.54) is 30.3 Å². The Hall–Kier alpha value is -2.73. The third-order valence-electron chi connectivity index (χ3n) is 4.12. The summed E-state index contributed by atoms with van der Waals surface area (Å²) in [6, 6.07) is 9.04. The first-order valence-corrected chi connectivity index (χ1v) is 9.09. The van der Waals surface area contributed by atoms with E-state index < -0.39 is 5.97 Å². The van der Waals surface area contributed by atoms with Crippen LogP contribution in [0.1, 0.15) is 40.5 Å². The molecule has 1 amide bonds. The lowest BCUT2D eigenvalue weighted by Gasteiger charge is -2.15. The van der Waals surface area contributed by atoms with E-state index in [0.29, 0.717) is 46.9 Å². The number of hydrogen-bond acceptors (Lipinski definition) is 4. The smallest absolute Gasteiger partial charge is 0.335 e. The Morgan fingerprint density at radius 2 is 1.85 bits per heavy atom. The Morgan fingerprint density at radius 3 is 2.44 bits per heavy atom. The molecule has 1 saturated carbocycles. The molecule has 1 fully saturated rings. The van der Waals surface area contributed by atoms with Crippen molar-refractivity contribution < 1.29 is 24.2 Å². The van der Waals surface area contributed by atoms with Crippen LogP contribution in [0.2, 0.25) is 5.02 Å². The topological polar surface area (TPSA) is 84.9 Å². The van der Waals surface area contributed by atoms with E-state index in [0.717, 1.165) is 12.8 Å². The molecule has 2 N–H and O–H groups in total. The Labute approximate surface area is 162 Å². The highest BCUT2D eigenvalue weighted by atomic mass is 35.5. The Balaban J connectivity index is 1.79. The highest BCUT2D eigenvalue weighted by Gasteiger charge is 2.24. The minimum atomic E-state index is -1.02. The molecule has 1 aliphatic rings. The predicted octanol–water partition coefficient (Wildman–Crippen LogP) is 4.48. The molecule has 0 unspecified atom stereocenters. The number of carboxylic acids is 1. The van der Waals surface area contributed by atoms with Gasteiger partial charge in [0.25, 0.3) is 5.91 Å². The van der Waals surface area contributed by atoms with Gasteiger partial charge in [-0.3, -0.25) is 4.79 Å². The van der Waals surface area contributed by atoms with Gasteiger partial charge in [0.05, 0.1) is 23.8 Å². The zero-order valence-electron chi connectivity index (χ0n) is 14.8. The highest BCUT2D eigenvalue weighted by molar-refractivity contribution is 6.32. The van der Waals surface area contributed by atoms with Gasteiger partial charge in [0, 0.05) is 11.3 Å². The summed E-state index contributed by atoms with van der Waals surface area (Å²) in [6.07, 6.45) is 2.29. The van der Waals surface area contributed by atoms with E-state index in [1.807, 2.05) is 6.92 Å². The number of amides is 1. The maximum absolute atomic E-state index is 12.6. The highest BCUT2D eigenvalue weighted by Crippen LogP contribution is 2.38. The molecule has 0 saturated heterocycles. The summed E-state index contributed by atoms with van der Waals surface area (Å²) in [5, 5.41) is 12.0. The van der Waals surface area contributed by atoms with Crippen LogP contribution in [0.15, 0.2) is 36.4 Å². The van der Waals surface area contributed by atoms with Gasteiger partial charge in [-0.2, -0.15) is 0 Å². The Morgan fingerprint density at radius 1 is 1.15 bits per heavy atom. The second kappa shape index (κ2) is 8.31. The molecule has 0 heterocycles. The second-order valence-electron chi connectivity index (χ2n) is 6.31. The maximum atomic E-state index is 12.6. The molecule has 3 rings (SSSR count). The minimum absolute atomic E-state index is 0.146. The van der Waals surface area contributed by atoms with Crippen molar-refractivity contribution in [2.24, 2.45) is 5.92 Å². The van der Waals surface area contributed by atoms with Gasteiger partial charge in [0.1, 0.15) is 0 Å². The molecular weight excluding hydrogens is 370 g/mol. The first-order chi connectivity index (χ1) is 13.0. The van der Waals surface area contributed by atoms with E-state index in [1.54, 1.807) is 6.07 Å². The monoisotopic (exact) mass is 389 g/mol. The number of anilines is 1. The predicted molar refractivity (Wildman–Crippen MR) is 102 cm³/mol. The van der Waals surface area contributed by atoms with E-state index in [2.05, 4.69) is 5.32 Å². The number of ether oxygens (including phenoxy) is 2. The molecule has 2 aromatic carbocycles. The summed E-state index contributed by atoms with van der Waals surface area (Å²) in [5.74, 6) is 0.0243. The van der Waals surface area contributed by atoms with Crippen LogP contribution in [-0.2, 0) is 0 Å². The van der Waals surface area contributed by atoms with Crippen LogP contribution in [0.5, 0.6) is 11.5 Å². The van der Waals surface area contributed by atoms with Crippen molar-refractivity contribution in [2.45, 2.75) is 19.8 Å². The van der Waals surface area contributed by atoms with Gasteiger partial charge in [-0.1, -0.05) is 11.6 Å². The van der Waals surface area contributed by atoms with E-state index >= 15 is 0 Å². The van der Waals surface area contributed by atoms with Gasteiger partial charge < -0.3 is 19.9 Å². The SMILES string of the molecule is CCOc1c(Cl)cc(C(=O)Nc2ccc(C(=O)O)cc2)cc1OCC1CC1. The van der Waals surface area contributed by atoms with Crippen LogP contribution >= 0.6 is 11.6 Å². The molecule has 0 spiro atoms. The van der Waals surface area contributed by atoms with Gasteiger partial charge in [-0.25, -0.2) is 4.79 Å². The van der Waals surface area contributed by atoms with Crippen LogP contribution in [0.3, 0.4) is 0 Å². The van der Waals surface area contributed by atoms with Crippen LogP contribution in [-0.4, -0.2) is 30.2 Å². The third-order valence-corrected chi connectivity index (χ3v) is 4.40. The van der Waals surface area contributed by atoms with Crippen molar-refractivity contribution in [3.05, 3.63) is 52.5 Å². The zero-order valence-corrected chi connectivity index (χ0v) is 15.6. The van der Waals surface area contributed by atoms with Crippen LogP contribution in [0.25, 0.3) is 0 Å². The summed E-state index contributed by atoms with van der Waals surface area (Å²) in [6.45, 7) is 2.85. The summed E-state index contributed by atoms with van der Waals surface area (Å²) in [5.41, 5.74) is 0.958. The van der Waals surface area contributed by atoms with Gasteiger partial charge in [0.15, 0.2) is 11.5 Å². The fraction of sp³-hybridized carbons (Fsp3) is 0.300. The fourth-order valence-electron chi connectivity index (χ4n) is 2.48. The lowest BCUT2D eigenvalue weighted by molar-refractivity contribution is 0.0696. The lowest BCUT2D eigenvalue weighted by atomic mass is 10.1. The fourth-order valence-corrected chi connectivity index (χ4v) is 2.75. The molecule has 0 bridgehead atoms. The third kappa shape index (κ3) is 4.92. The number of aromatic carboxylic acids is 1. The van der Waals surface area contributed by atoms with Crippen LogP contribution < -0.4 is 14.8 Å². The quantitative estimate of drug-likeness (QED) is 0.695. The van der Waals surface area contributed by atoms with Crippen molar-refractivity contribution in [3.63, 3.8) is 0 Å².